The molecule has 1 aromatic carbocycles. The summed E-state index contributed by atoms with van der Waals surface area (Å²) < 4.78 is 37.6. The van der Waals surface area contributed by atoms with Crippen LogP contribution < -0.4 is 10.2 Å². The van der Waals surface area contributed by atoms with Gasteiger partial charge in [0.15, 0.2) is 0 Å². The van der Waals surface area contributed by atoms with Gasteiger partial charge in [0.25, 0.3) is 5.91 Å². The lowest BCUT2D eigenvalue weighted by atomic mass is 10.2. The Bertz CT molecular complexity index is 725. The third kappa shape index (κ3) is 3.64. The highest BCUT2D eigenvalue weighted by Gasteiger charge is 2.30. The maximum atomic E-state index is 12.5. The Kier molecular flexibility index (Phi) is 4.37. The van der Waals surface area contributed by atoms with Gasteiger partial charge < -0.3 is 10.2 Å². The first kappa shape index (κ1) is 16.2. The summed E-state index contributed by atoms with van der Waals surface area (Å²) in [5.74, 6) is 0.192. The number of anilines is 2. The molecule has 2 aromatic rings. The average molecular weight is 336 g/mol. The van der Waals surface area contributed by atoms with E-state index in [1.807, 2.05) is 0 Å². The molecule has 1 aliphatic rings. The van der Waals surface area contributed by atoms with Crippen LogP contribution in [0.1, 0.15) is 28.9 Å². The first-order valence-electron chi connectivity index (χ1n) is 7.49. The van der Waals surface area contributed by atoms with Crippen molar-refractivity contribution in [3.05, 3.63) is 47.9 Å². The molecule has 1 amide bonds. The highest BCUT2D eigenvalue weighted by Crippen LogP contribution is 2.29. The van der Waals surface area contributed by atoms with Crippen LogP contribution in [0, 0.1) is 0 Å². The first-order chi connectivity index (χ1) is 11.4. The van der Waals surface area contributed by atoms with Crippen molar-refractivity contribution in [2.45, 2.75) is 19.0 Å². The van der Waals surface area contributed by atoms with Gasteiger partial charge in [0.05, 0.1) is 5.56 Å². The Morgan fingerprint density at radius 2 is 1.75 bits per heavy atom. The second-order valence-corrected chi connectivity index (χ2v) is 5.48. The van der Waals surface area contributed by atoms with Gasteiger partial charge in [-0.2, -0.15) is 13.2 Å². The maximum absolute atomic E-state index is 12.5. The van der Waals surface area contributed by atoms with Crippen molar-refractivity contribution in [3.8, 4) is 0 Å². The van der Waals surface area contributed by atoms with E-state index in [0.717, 1.165) is 38.1 Å². The number of halogens is 3. The second kappa shape index (κ2) is 6.46. The number of carbonyl (C=O) groups is 1. The van der Waals surface area contributed by atoms with Gasteiger partial charge in [0, 0.05) is 24.8 Å². The quantitative estimate of drug-likeness (QED) is 0.934. The van der Waals surface area contributed by atoms with E-state index in [-0.39, 0.29) is 11.4 Å². The van der Waals surface area contributed by atoms with Crippen molar-refractivity contribution in [2.75, 3.05) is 23.3 Å². The number of aromatic nitrogens is 2. The molecule has 126 valence electrons. The van der Waals surface area contributed by atoms with Gasteiger partial charge in [-0.05, 0) is 37.1 Å². The molecular formula is C16H15F3N4O. The fourth-order valence-corrected chi connectivity index (χ4v) is 2.53. The Balaban J connectivity index is 1.71. The van der Waals surface area contributed by atoms with Crippen molar-refractivity contribution in [1.82, 2.24) is 9.97 Å². The number of nitrogens with one attached hydrogen (secondary N) is 1. The largest absolute Gasteiger partial charge is 0.416 e. The molecule has 5 nitrogen and oxygen atoms in total. The summed E-state index contributed by atoms with van der Waals surface area (Å²) >= 11 is 0. The Morgan fingerprint density at radius 3 is 2.38 bits per heavy atom. The van der Waals surface area contributed by atoms with Crippen molar-refractivity contribution >= 4 is 17.4 Å². The zero-order valence-corrected chi connectivity index (χ0v) is 12.7. The van der Waals surface area contributed by atoms with Crippen LogP contribution in [-0.4, -0.2) is 29.0 Å². The fraction of sp³-hybridized carbons (Fsp3) is 0.312. The van der Waals surface area contributed by atoms with Gasteiger partial charge in [0.2, 0.25) is 0 Å². The highest BCUT2D eigenvalue weighted by atomic mass is 19.4. The third-order valence-electron chi connectivity index (χ3n) is 3.79. The monoisotopic (exact) mass is 336 g/mol. The van der Waals surface area contributed by atoms with Crippen molar-refractivity contribution in [2.24, 2.45) is 0 Å². The lowest BCUT2D eigenvalue weighted by Gasteiger charge is -2.16. The fourth-order valence-electron chi connectivity index (χ4n) is 2.53. The number of hydrogen-bond acceptors (Lipinski definition) is 4. The van der Waals surface area contributed by atoms with Crippen LogP contribution in [0.15, 0.2) is 36.7 Å². The van der Waals surface area contributed by atoms with Gasteiger partial charge in [-0.3, -0.25) is 4.79 Å². The summed E-state index contributed by atoms with van der Waals surface area (Å²) in [6.07, 6.45) is -0.927. The Labute approximate surface area is 136 Å². The molecule has 0 atom stereocenters. The topological polar surface area (TPSA) is 58.1 Å². The standard InChI is InChI=1S/C16H15F3N4O/c17-16(18,19)11-3-5-12(6-4-11)22-15(24)13-9-14(21-10-20-13)23-7-1-2-8-23/h3-6,9-10H,1-2,7-8H2,(H,22,24). The van der Waals surface area contributed by atoms with Crippen LogP contribution in [0.3, 0.4) is 0 Å². The van der Waals surface area contributed by atoms with Crippen molar-refractivity contribution in [3.63, 3.8) is 0 Å². The Hall–Kier alpha value is -2.64. The zero-order chi connectivity index (χ0) is 17.2. The van der Waals surface area contributed by atoms with Gasteiger partial charge in [-0.1, -0.05) is 0 Å². The van der Waals surface area contributed by atoms with Gasteiger partial charge in [-0.25, -0.2) is 9.97 Å². The van der Waals surface area contributed by atoms with Gasteiger partial charge in [-0.15, -0.1) is 0 Å². The van der Waals surface area contributed by atoms with E-state index >= 15 is 0 Å². The van der Waals surface area contributed by atoms with E-state index in [9.17, 15) is 18.0 Å². The number of carbonyl (C=O) groups excluding carboxylic acids is 1. The van der Waals surface area contributed by atoms with E-state index in [2.05, 4.69) is 20.2 Å². The lowest BCUT2D eigenvalue weighted by Crippen LogP contribution is -2.21. The van der Waals surface area contributed by atoms with E-state index in [4.69, 9.17) is 0 Å². The molecule has 0 spiro atoms. The summed E-state index contributed by atoms with van der Waals surface area (Å²) in [4.78, 5) is 22.4. The van der Waals surface area contributed by atoms with E-state index in [1.165, 1.54) is 18.5 Å². The second-order valence-electron chi connectivity index (χ2n) is 5.48. The predicted molar refractivity (Wildman–Crippen MR) is 82.9 cm³/mol. The van der Waals surface area contributed by atoms with Crippen molar-refractivity contribution < 1.29 is 18.0 Å². The van der Waals surface area contributed by atoms with Crippen LogP contribution in [0.4, 0.5) is 24.7 Å². The van der Waals surface area contributed by atoms with Crippen LogP contribution in [-0.2, 0) is 6.18 Å². The van der Waals surface area contributed by atoms with Crippen molar-refractivity contribution in [1.29, 1.82) is 0 Å². The molecule has 1 N–H and O–H groups in total. The lowest BCUT2D eigenvalue weighted by molar-refractivity contribution is -0.137. The molecule has 3 rings (SSSR count). The molecule has 0 saturated carbocycles. The number of alkyl halides is 3. The van der Waals surface area contributed by atoms with Crippen LogP contribution in [0.25, 0.3) is 0 Å². The molecule has 1 aliphatic heterocycles. The number of nitrogens with zero attached hydrogens (tertiary/aromatic N) is 3. The normalized spacial score (nSPS) is 14.7. The molecule has 8 heteroatoms. The number of hydrogen-bond donors (Lipinski definition) is 1. The average Bonchev–Trinajstić information content (AvgIpc) is 3.09. The predicted octanol–water partition coefficient (Wildman–Crippen LogP) is 3.35. The Morgan fingerprint density at radius 1 is 1.08 bits per heavy atom. The molecule has 0 radical (unpaired) electrons. The smallest absolute Gasteiger partial charge is 0.357 e. The van der Waals surface area contributed by atoms with Crippen LogP contribution in [0.2, 0.25) is 0 Å². The van der Waals surface area contributed by atoms with Gasteiger partial charge in [0.1, 0.15) is 17.8 Å². The molecule has 2 heterocycles. The SMILES string of the molecule is O=C(Nc1ccc(C(F)(F)F)cc1)c1cc(N2CCCC2)ncn1. The highest BCUT2D eigenvalue weighted by molar-refractivity contribution is 6.03. The number of amides is 1. The van der Waals surface area contributed by atoms with E-state index in [0.29, 0.717) is 5.82 Å². The van der Waals surface area contributed by atoms with E-state index in [1.54, 1.807) is 6.07 Å². The van der Waals surface area contributed by atoms with E-state index < -0.39 is 17.6 Å². The molecule has 1 aromatic heterocycles. The molecule has 0 bridgehead atoms. The minimum Gasteiger partial charge on any atom is -0.357 e. The molecular weight excluding hydrogens is 321 g/mol. The summed E-state index contributed by atoms with van der Waals surface area (Å²) in [5.41, 5.74) is -0.319. The first-order valence-corrected chi connectivity index (χ1v) is 7.49. The van der Waals surface area contributed by atoms with Crippen LogP contribution in [0.5, 0.6) is 0 Å². The molecule has 1 fully saturated rings. The molecule has 24 heavy (non-hydrogen) atoms. The summed E-state index contributed by atoms with van der Waals surface area (Å²) in [5, 5.41) is 2.54. The minimum absolute atomic E-state index is 0.173. The van der Waals surface area contributed by atoms with Gasteiger partial charge >= 0.3 is 6.18 Å². The maximum Gasteiger partial charge on any atom is 0.416 e. The number of benzene rings is 1. The van der Waals surface area contributed by atoms with Crippen LogP contribution >= 0.6 is 0 Å². The minimum atomic E-state index is -4.40. The molecule has 0 aliphatic carbocycles. The zero-order valence-electron chi connectivity index (χ0n) is 12.7. The summed E-state index contributed by atoms with van der Waals surface area (Å²) in [6, 6.07) is 5.85. The molecule has 0 unspecified atom stereocenters. The number of rotatable bonds is 3. The summed E-state index contributed by atoms with van der Waals surface area (Å²) in [7, 11) is 0. The third-order valence-corrected chi connectivity index (χ3v) is 3.79. The summed E-state index contributed by atoms with van der Waals surface area (Å²) in [6.45, 7) is 1.77. The molecule has 1 saturated heterocycles.